The van der Waals surface area contributed by atoms with E-state index in [2.05, 4.69) is 10.6 Å². The third-order valence-electron chi connectivity index (χ3n) is 3.37. The Kier molecular flexibility index (Phi) is 7.84. The molecule has 2 rings (SSSR count). The topological polar surface area (TPSA) is 93.7 Å². The van der Waals surface area contributed by atoms with E-state index in [0.717, 1.165) is 5.75 Å². The predicted octanol–water partition coefficient (Wildman–Crippen LogP) is 2.99. The van der Waals surface area contributed by atoms with E-state index < -0.39 is 11.9 Å². The van der Waals surface area contributed by atoms with E-state index in [-0.39, 0.29) is 18.9 Å². The lowest BCUT2D eigenvalue weighted by Gasteiger charge is -2.09. The zero-order valence-electron chi connectivity index (χ0n) is 15.1. The van der Waals surface area contributed by atoms with E-state index in [1.165, 1.54) is 6.92 Å². The van der Waals surface area contributed by atoms with Crippen molar-refractivity contribution >= 4 is 29.2 Å². The Bertz CT molecular complexity index is 777. The van der Waals surface area contributed by atoms with Crippen molar-refractivity contribution in [3.05, 3.63) is 54.6 Å². The third kappa shape index (κ3) is 8.04. The molecule has 0 aliphatic heterocycles. The van der Waals surface area contributed by atoms with Crippen LogP contribution >= 0.6 is 0 Å². The molecule has 142 valence electrons. The number of ether oxygens (including phenoxy) is 2. The van der Waals surface area contributed by atoms with Crippen molar-refractivity contribution in [2.75, 3.05) is 23.8 Å². The van der Waals surface area contributed by atoms with Crippen molar-refractivity contribution in [2.24, 2.45) is 0 Å². The first-order valence-corrected chi connectivity index (χ1v) is 8.54. The molecule has 0 heterocycles. The Morgan fingerprint density at radius 1 is 0.926 bits per heavy atom. The van der Waals surface area contributed by atoms with E-state index in [1.54, 1.807) is 24.3 Å². The Morgan fingerprint density at radius 3 is 2.33 bits per heavy atom. The molecule has 27 heavy (non-hydrogen) atoms. The minimum atomic E-state index is -0.464. The van der Waals surface area contributed by atoms with E-state index in [0.29, 0.717) is 24.4 Å². The molecule has 0 atom stereocenters. The van der Waals surface area contributed by atoms with Gasteiger partial charge in [0.25, 0.3) is 5.91 Å². The standard InChI is InChI=1S/C20H22N2O5/c1-15(23)21-16-7-5-8-17(13-16)22-19(24)14-27-20(25)11-6-12-26-18-9-3-2-4-10-18/h2-5,7-10,13H,6,11-12,14H2,1H3,(H,21,23)(H,22,24). The van der Waals surface area contributed by atoms with E-state index in [4.69, 9.17) is 9.47 Å². The minimum absolute atomic E-state index is 0.165. The second-order valence-electron chi connectivity index (χ2n) is 5.74. The van der Waals surface area contributed by atoms with Crippen LogP contribution in [0.4, 0.5) is 11.4 Å². The third-order valence-corrected chi connectivity index (χ3v) is 3.37. The van der Waals surface area contributed by atoms with Crippen molar-refractivity contribution in [1.29, 1.82) is 0 Å². The molecule has 0 spiro atoms. The van der Waals surface area contributed by atoms with Crippen LogP contribution < -0.4 is 15.4 Å². The van der Waals surface area contributed by atoms with Crippen LogP contribution in [0.3, 0.4) is 0 Å². The van der Waals surface area contributed by atoms with Gasteiger partial charge in [-0.2, -0.15) is 0 Å². The van der Waals surface area contributed by atoms with Gasteiger partial charge in [-0.15, -0.1) is 0 Å². The first-order chi connectivity index (χ1) is 13.0. The molecule has 7 heteroatoms. The number of hydrogen-bond acceptors (Lipinski definition) is 5. The summed E-state index contributed by atoms with van der Waals surface area (Å²) in [6.45, 7) is 1.42. The van der Waals surface area contributed by atoms with Crippen molar-refractivity contribution in [3.8, 4) is 5.75 Å². The first kappa shape index (κ1) is 20.0. The van der Waals surface area contributed by atoms with E-state index in [9.17, 15) is 14.4 Å². The number of benzene rings is 2. The fourth-order valence-electron chi connectivity index (χ4n) is 2.22. The largest absolute Gasteiger partial charge is 0.494 e. The second kappa shape index (κ2) is 10.6. The van der Waals surface area contributed by atoms with Gasteiger partial charge >= 0.3 is 5.97 Å². The highest BCUT2D eigenvalue weighted by atomic mass is 16.5. The molecule has 0 bridgehead atoms. The number of carbonyl (C=O) groups is 3. The fraction of sp³-hybridized carbons (Fsp3) is 0.250. The molecule has 0 aliphatic carbocycles. The molecule has 2 aromatic carbocycles. The van der Waals surface area contributed by atoms with Crippen LogP contribution in [0.1, 0.15) is 19.8 Å². The summed E-state index contributed by atoms with van der Waals surface area (Å²) in [5, 5.41) is 5.23. The van der Waals surface area contributed by atoms with Gasteiger partial charge in [-0.3, -0.25) is 14.4 Å². The van der Waals surface area contributed by atoms with Crippen LogP contribution in [0.15, 0.2) is 54.6 Å². The van der Waals surface area contributed by atoms with Crippen LogP contribution in [0.2, 0.25) is 0 Å². The van der Waals surface area contributed by atoms with E-state index in [1.807, 2.05) is 30.3 Å². The van der Waals surface area contributed by atoms with Gasteiger partial charge in [-0.25, -0.2) is 0 Å². The highest BCUT2D eigenvalue weighted by molar-refractivity contribution is 5.94. The number of carbonyl (C=O) groups excluding carboxylic acids is 3. The number of rotatable bonds is 9. The van der Waals surface area contributed by atoms with Crippen LogP contribution in [-0.2, 0) is 19.1 Å². The van der Waals surface area contributed by atoms with Gasteiger partial charge in [0.1, 0.15) is 5.75 Å². The van der Waals surface area contributed by atoms with E-state index >= 15 is 0 Å². The summed E-state index contributed by atoms with van der Waals surface area (Å²) in [7, 11) is 0. The molecule has 0 aromatic heterocycles. The van der Waals surface area contributed by atoms with Crippen molar-refractivity contribution in [3.63, 3.8) is 0 Å². The Labute approximate surface area is 157 Å². The maximum atomic E-state index is 11.9. The molecule has 7 nitrogen and oxygen atoms in total. The van der Waals surface area contributed by atoms with Crippen LogP contribution in [0, 0.1) is 0 Å². The Hall–Kier alpha value is -3.35. The van der Waals surface area contributed by atoms with Gasteiger partial charge in [0, 0.05) is 24.7 Å². The average molecular weight is 370 g/mol. The first-order valence-electron chi connectivity index (χ1n) is 8.54. The number of anilines is 2. The summed E-state index contributed by atoms with van der Waals surface area (Å²) in [5.74, 6) is -0.381. The summed E-state index contributed by atoms with van der Waals surface area (Å²) in [6, 6.07) is 16.0. The molecule has 0 saturated carbocycles. The van der Waals surface area contributed by atoms with Crippen LogP contribution in [-0.4, -0.2) is 31.0 Å². The van der Waals surface area contributed by atoms with Gasteiger partial charge < -0.3 is 20.1 Å². The lowest BCUT2D eigenvalue weighted by atomic mass is 10.2. The maximum Gasteiger partial charge on any atom is 0.306 e. The molecular weight excluding hydrogens is 348 g/mol. The van der Waals surface area contributed by atoms with Crippen molar-refractivity contribution in [2.45, 2.75) is 19.8 Å². The average Bonchev–Trinajstić information content (AvgIpc) is 2.64. The molecule has 0 fully saturated rings. The molecule has 2 N–H and O–H groups in total. The summed E-state index contributed by atoms with van der Waals surface area (Å²) in [4.78, 5) is 34.6. The smallest absolute Gasteiger partial charge is 0.306 e. The fourth-order valence-corrected chi connectivity index (χ4v) is 2.22. The quantitative estimate of drug-likeness (QED) is 0.523. The highest BCUT2D eigenvalue weighted by Crippen LogP contribution is 2.15. The van der Waals surface area contributed by atoms with Crippen molar-refractivity contribution in [1.82, 2.24) is 0 Å². The summed E-state index contributed by atoms with van der Waals surface area (Å²) >= 11 is 0. The van der Waals surface area contributed by atoms with Crippen LogP contribution in [0.5, 0.6) is 5.75 Å². The Balaban J connectivity index is 1.64. The minimum Gasteiger partial charge on any atom is -0.494 e. The zero-order valence-corrected chi connectivity index (χ0v) is 15.1. The van der Waals surface area contributed by atoms with Gasteiger partial charge in [-0.05, 0) is 36.8 Å². The molecular formula is C20H22N2O5. The summed E-state index contributed by atoms with van der Waals surface area (Å²) in [6.07, 6.45) is 0.659. The predicted molar refractivity (Wildman–Crippen MR) is 102 cm³/mol. The second-order valence-corrected chi connectivity index (χ2v) is 5.74. The highest BCUT2D eigenvalue weighted by Gasteiger charge is 2.08. The number of para-hydroxylation sites is 1. The van der Waals surface area contributed by atoms with Crippen molar-refractivity contribution < 1.29 is 23.9 Å². The maximum absolute atomic E-state index is 11.9. The number of esters is 1. The normalized spacial score (nSPS) is 9.96. The monoisotopic (exact) mass is 370 g/mol. The van der Waals surface area contributed by atoms with Gasteiger partial charge in [0.05, 0.1) is 6.61 Å². The van der Waals surface area contributed by atoms with Gasteiger partial charge in [-0.1, -0.05) is 24.3 Å². The number of amides is 2. The summed E-state index contributed by atoms with van der Waals surface area (Å²) < 4.78 is 10.4. The lowest BCUT2D eigenvalue weighted by molar-refractivity contribution is -0.147. The molecule has 2 amide bonds. The molecule has 0 aliphatic rings. The van der Waals surface area contributed by atoms with Crippen LogP contribution in [0.25, 0.3) is 0 Å². The molecule has 0 unspecified atom stereocenters. The zero-order chi connectivity index (χ0) is 19.5. The molecule has 0 radical (unpaired) electrons. The lowest BCUT2D eigenvalue weighted by Crippen LogP contribution is -2.21. The van der Waals surface area contributed by atoms with Gasteiger partial charge in [0.2, 0.25) is 5.91 Å². The Morgan fingerprint density at radius 2 is 1.63 bits per heavy atom. The molecule has 0 saturated heterocycles. The SMILES string of the molecule is CC(=O)Nc1cccc(NC(=O)COC(=O)CCCOc2ccccc2)c1. The summed E-state index contributed by atoms with van der Waals surface area (Å²) in [5.41, 5.74) is 1.06. The van der Waals surface area contributed by atoms with Gasteiger partial charge in [0.15, 0.2) is 6.61 Å². The molecule has 2 aromatic rings. The number of hydrogen-bond donors (Lipinski definition) is 2. The number of nitrogens with one attached hydrogen (secondary N) is 2.